The van der Waals surface area contributed by atoms with Crippen molar-refractivity contribution < 1.29 is 19.4 Å². The van der Waals surface area contributed by atoms with Gasteiger partial charge in [0.05, 0.1) is 23.9 Å². The fourth-order valence-corrected chi connectivity index (χ4v) is 2.98. The first-order valence-electron chi connectivity index (χ1n) is 7.11. The maximum absolute atomic E-state index is 10.2. The Morgan fingerprint density at radius 2 is 1.61 bits per heavy atom. The Bertz CT molecular complexity index is 320. The number of hydrogen-bond donors (Lipinski definition) is 1. The van der Waals surface area contributed by atoms with Gasteiger partial charge in [0.2, 0.25) is 0 Å². The van der Waals surface area contributed by atoms with E-state index in [0.29, 0.717) is 0 Å². The Balaban J connectivity index is 0.000000111. The molecular weight excluding hydrogens is 232 g/mol. The van der Waals surface area contributed by atoms with Crippen molar-refractivity contribution >= 4 is 6.29 Å². The average Bonchev–Trinajstić information content (AvgIpc) is 3.20. The van der Waals surface area contributed by atoms with Gasteiger partial charge in [0.1, 0.15) is 12.4 Å². The van der Waals surface area contributed by atoms with E-state index in [9.17, 15) is 4.79 Å². The molecule has 18 heavy (non-hydrogen) atoms. The molecule has 4 rings (SSSR count). The molecule has 102 valence electrons. The molecule has 2 heterocycles. The fraction of sp³-hybridized carbons (Fsp3) is 0.929. The molecule has 0 aromatic rings. The first-order chi connectivity index (χ1) is 8.69. The van der Waals surface area contributed by atoms with Crippen LogP contribution in [-0.2, 0) is 14.3 Å². The minimum atomic E-state index is -0.0764. The Morgan fingerprint density at radius 1 is 1.00 bits per heavy atom. The number of carbonyl (C=O) groups excluding carboxylic acids is 1. The third kappa shape index (κ3) is 2.60. The molecule has 2 saturated carbocycles. The molecule has 0 amide bonds. The van der Waals surface area contributed by atoms with Crippen LogP contribution in [0.15, 0.2) is 0 Å². The standard InChI is InChI=1S/C7H12O2.C7H10O2/c2*8-5-6-1-2-7(9-6)3-4-7/h6,8H,1-5H2;5-6H,1-4H2/t2*6-/m11/s1. The zero-order chi connectivity index (χ0) is 12.6. The molecule has 4 heteroatoms. The highest BCUT2D eigenvalue weighted by atomic mass is 16.5. The van der Waals surface area contributed by atoms with Crippen LogP contribution in [0, 0.1) is 0 Å². The summed E-state index contributed by atoms with van der Waals surface area (Å²) in [5.41, 5.74) is 0.443. The number of ether oxygens (including phenoxy) is 2. The molecule has 4 fully saturated rings. The SMILES string of the molecule is O=C[C@H]1CCC2(CC2)O1.OC[C@H]1CCC2(CC2)O1. The van der Waals surface area contributed by atoms with Gasteiger partial charge in [0.25, 0.3) is 0 Å². The number of carbonyl (C=O) groups is 1. The largest absolute Gasteiger partial charge is 0.394 e. The van der Waals surface area contributed by atoms with Gasteiger partial charge in [-0.3, -0.25) is 0 Å². The Hall–Kier alpha value is -0.450. The summed E-state index contributed by atoms with van der Waals surface area (Å²) >= 11 is 0. The van der Waals surface area contributed by atoms with Crippen LogP contribution in [-0.4, -0.2) is 41.4 Å². The maximum atomic E-state index is 10.2. The van der Waals surface area contributed by atoms with Gasteiger partial charge in [-0.05, 0) is 51.4 Å². The zero-order valence-electron chi connectivity index (χ0n) is 10.8. The smallest absolute Gasteiger partial charge is 0.148 e. The van der Waals surface area contributed by atoms with Crippen LogP contribution in [0.25, 0.3) is 0 Å². The van der Waals surface area contributed by atoms with Gasteiger partial charge in [-0.2, -0.15) is 0 Å². The van der Waals surface area contributed by atoms with Crippen molar-refractivity contribution in [1.29, 1.82) is 0 Å². The second-order valence-electron chi connectivity index (χ2n) is 6.16. The Morgan fingerprint density at radius 3 is 1.94 bits per heavy atom. The topological polar surface area (TPSA) is 55.8 Å². The molecule has 0 aromatic heterocycles. The van der Waals surface area contributed by atoms with Gasteiger partial charge in [0.15, 0.2) is 0 Å². The van der Waals surface area contributed by atoms with Crippen molar-refractivity contribution in [2.24, 2.45) is 0 Å². The van der Waals surface area contributed by atoms with Crippen molar-refractivity contribution in [2.45, 2.75) is 74.8 Å². The van der Waals surface area contributed by atoms with E-state index in [-0.39, 0.29) is 30.0 Å². The van der Waals surface area contributed by atoms with E-state index in [0.717, 1.165) is 25.5 Å². The van der Waals surface area contributed by atoms with E-state index in [2.05, 4.69) is 0 Å². The second kappa shape index (κ2) is 4.58. The molecule has 0 unspecified atom stereocenters. The van der Waals surface area contributed by atoms with Crippen LogP contribution < -0.4 is 0 Å². The van der Waals surface area contributed by atoms with Crippen molar-refractivity contribution in [3.63, 3.8) is 0 Å². The van der Waals surface area contributed by atoms with Crippen LogP contribution in [0.5, 0.6) is 0 Å². The fourth-order valence-electron chi connectivity index (χ4n) is 2.98. The van der Waals surface area contributed by atoms with E-state index >= 15 is 0 Å². The van der Waals surface area contributed by atoms with Gasteiger partial charge < -0.3 is 19.4 Å². The summed E-state index contributed by atoms with van der Waals surface area (Å²) in [4.78, 5) is 10.2. The molecule has 2 aliphatic heterocycles. The highest BCUT2D eigenvalue weighted by Gasteiger charge is 2.50. The van der Waals surface area contributed by atoms with Crippen molar-refractivity contribution in [3.8, 4) is 0 Å². The van der Waals surface area contributed by atoms with Gasteiger partial charge in [-0.1, -0.05) is 0 Å². The monoisotopic (exact) mass is 254 g/mol. The molecule has 2 spiro atoms. The molecule has 1 N–H and O–H groups in total. The minimum absolute atomic E-state index is 0.0764. The first-order valence-corrected chi connectivity index (χ1v) is 7.11. The average molecular weight is 254 g/mol. The number of hydrogen-bond acceptors (Lipinski definition) is 4. The molecule has 0 bridgehead atoms. The van der Waals surface area contributed by atoms with Gasteiger partial charge in [0, 0.05) is 0 Å². The van der Waals surface area contributed by atoms with Crippen molar-refractivity contribution in [2.75, 3.05) is 6.61 Å². The quantitative estimate of drug-likeness (QED) is 0.760. The highest BCUT2D eigenvalue weighted by Crippen LogP contribution is 2.49. The summed E-state index contributed by atoms with van der Waals surface area (Å²) in [6.07, 6.45) is 10.1. The summed E-state index contributed by atoms with van der Waals surface area (Å²) in [6.45, 7) is 0.210. The Labute approximate surface area is 108 Å². The lowest BCUT2D eigenvalue weighted by molar-refractivity contribution is -0.118. The van der Waals surface area contributed by atoms with E-state index in [1.165, 1.54) is 32.1 Å². The van der Waals surface area contributed by atoms with Crippen LogP contribution in [0.2, 0.25) is 0 Å². The normalized spacial score (nSPS) is 37.4. The van der Waals surface area contributed by atoms with Crippen LogP contribution in [0.4, 0.5) is 0 Å². The summed E-state index contributed by atoms with van der Waals surface area (Å²) < 4.78 is 11.0. The van der Waals surface area contributed by atoms with Gasteiger partial charge in [-0.25, -0.2) is 0 Å². The molecule has 2 saturated heterocycles. The third-order valence-corrected chi connectivity index (χ3v) is 4.60. The van der Waals surface area contributed by atoms with Crippen LogP contribution in [0.1, 0.15) is 51.4 Å². The highest BCUT2D eigenvalue weighted by molar-refractivity contribution is 5.56. The van der Waals surface area contributed by atoms with Crippen LogP contribution in [0.3, 0.4) is 0 Å². The van der Waals surface area contributed by atoms with E-state index in [1.807, 2.05) is 0 Å². The number of aldehydes is 1. The third-order valence-electron chi connectivity index (χ3n) is 4.60. The number of rotatable bonds is 2. The van der Waals surface area contributed by atoms with Gasteiger partial charge >= 0.3 is 0 Å². The molecular formula is C14H22O4. The summed E-state index contributed by atoms with van der Waals surface area (Å²) in [5.74, 6) is 0. The zero-order valence-corrected chi connectivity index (χ0v) is 10.8. The van der Waals surface area contributed by atoms with Crippen LogP contribution >= 0.6 is 0 Å². The molecule has 0 aromatic carbocycles. The summed E-state index contributed by atoms with van der Waals surface area (Å²) in [6, 6.07) is 0. The lowest BCUT2D eigenvalue weighted by Gasteiger charge is -2.07. The van der Waals surface area contributed by atoms with Crippen molar-refractivity contribution in [3.05, 3.63) is 0 Å². The first kappa shape index (κ1) is 12.6. The molecule has 4 nitrogen and oxygen atoms in total. The number of aliphatic hydroxyl groups is 1. The predicted molar refractivity (Wildman–Crippen MR) is 65.3 cm³/mol. The Kier molecular flexibility index (Phi) is 3.20. The lowest BCUT2D eigenvalue weighted by atomic mass is 10.2. The molecule has 4 aliphatic rings. The van der Waals surface area contributed by atoms with E-state index in [1.54, 1.807) is 0 Å². The minimum Gasteiger partial charge on any atom is -0.394 e. The molecule has 2 aliphatic carbocycles. The number of aliphatic hydroxyl groups excluding tert-OH is 1. The van der Waals surface area contributed by atoms with Gasteiger partial charge in [-0.15, -0.1) is 0 Å². The predicted octanol–water partition coefficient (Wildman–Crippen LogP) is 1.59. The van der Waals surface area contributed by atoms with Crippen molar-refractivity contribution in [1.82, 2.24) is 0 Å². The molecule has 0 radical (unpaired) electrons. The second-order valence-corrected chi connectivity index (χ2v) is 6.16. The summed E-state index contributed by atoms with van der Waals surface area (Å²) in [5, 5.41) is 8.70. The van der Waals surface area contributed by atoms with E-state index < -0.39 is 0 Å². The summed E-state index contributed by atoms with van der Waals surface area (Å²) in [7, 11) is 0. The molecule has 2 atom stereocenters. The van der Waals surface area contributed by atoms with E-state index in [4.69, 9.17) is 14.6 Å². The maximum Gasteiger partial charge on any atom is 0.148 e. The lowest BCUT2D eigenvalue weighted by Crippen LogP contribution is -2.14.